The van der Waals surface area contributed by atoms with Gasteiger partial charge in [-0.25, -0.2) is 0 Å². The van der Waals surface area contributed by atoms with Gasteiger partial charge in [0, 0.05) is 25.0 Å². The van der Waals surface area contributed by atoms with Crippen molar-refractivity contribution in [2.45, 2.75) is 23.8 Å². The summed E-state index contributed by atoms with van der Waals surface area (Å²) < 4.78 is 4.98. The average Bonchev–Trinajstić information content (AvgIpc) is 2.60. The van der Waals surface area contributed by atoms with E-state index in [-0.39, 0.29) is 6.04 Å². The number of hydrogen-bond donors (Lipinski definition) is 1. The lowest BCUT2D eigenvalue weighted by Gasteiger charge is -2.08. The van der Waals surface area contributed by atoms with Gasteiger partial charge >= 0.3 is 0 Å². The molecular formula is C11H16N2O2S. The number of hydrogen-bond acceptors (Lipinski definition) is 5. The lowest BCUT2D eigenvalue weighted by Crippen LogP contribution is -2.10. The van der Waals surface area contributed by atoms with E-state index in [4.69, 9.17) is 15.1 Å². The summed E-state index contributed by atoms with van der Waals surface area (Å²) in [5.41, 5.74) is 8.55. The van der Waals surface area contributed by atoms with Crippen LogP contribution in [0.25, 0.3) is 0 Å². The van der Waals surface area contributed by atoms with Gasteiger partial charge in [0.2, 0.25) is 0 Å². The molecule has 0 aliphatic heterocycles. The molecule has 0 spiro atoms. The van der Waals surface area contributed by atoms with Crippen molar-refractivity contribution in [1.82, 2.24) is 5.06 Å². The zero-order chi connectivity index (χ0) is 11.5. The summed E-state index contributed by atoms with van der Waals surface area (Å²) >= 11 is 1.21. The van der Waals surface area contributed by atoms with Crippen molar-refractivity contribution in [3.8, 4) is 0 Å². The fraction of sp³-hybridized carbons (Fsp3) is 0.455. The highest BCUT2D eigenvalue weighted by Crippen LogP contribution is 2.32. The first-order valence-electron chi connectivity index (χ1n) is 5.24. The third-order valence-electron chi connectivity index (χ3n) is 2.55. The summed E-state index contributed by atoms with van der Waals surface area (Å²) in [6, 6.07) is 6.40. The van der Waals surface area contributed by atoms with Gasteiger partial charge in [0.15, 0.2) is 0 Å². The van der Waals surface area contributed by atoms with Crippen LogP contribution in [0.3, 0.4) is 0 Å². The Hall–Kier alpha value is -0.590. The Labute approximate surface area is 99.8 Å². The number of benzene rings is 1. The highest BCUT2D eigenvalue weighted by Gasteiger charge is 2.18. The van der Waals surface area contributed by atoms with E-state index in [1.54, 1.807) is 14.1 Å². The molecule has 0 fully saturated rings. The number of fused-ring (bicyclic) bond motifs is 1. The zero-order valence-corrected chi connectivity index (χ0v) is 10.3. The Morgan fingerprint density at radius 3 is 3.00 bits per heavy atom. The van der Waals surface area contributed by atoms with E-state index in [0.717, 1.165) is 17.7 Å². The first-order chi connectivity index (χ1) is 7.66. The second kappa shape index (κ2) is 5.16. The molecule has 1 aromatic rings. The number of aryl methyl sites for hydroxylation is 1. The van der Waals surface area contributed by atoms with Gasteiger partial charge in [-0.05, 0) is 36.1 Å². The molecule has 2 rings (SSSR count). The summed E-state index contributed by atoms with van der Waals surface area (Å²) in [4.78, 5) is 5.89. The van der Waals surface area contributed by atoms with Gasteiger partial charge in [0.25, 0.3) is 0 Å². The van der Waals surface area contributed by atoms with Crippen molar-refractivity contribution in [3.63, 3.8) is 0 Å². The minimum atomic E-state index is 0.202. The van der Waals surface area contributed by atoms with E-state index in [1.165, 1.54) is 28.2 Å². The SMILES string of the molecule is CN(C)OOSc1ccc2c(c1)CC[C@H]2N. The van der Waals surface area contributed by atoms with Crippen molar-refractivity contribution in [2.75, 3.05) is 14.1 Å². The molecule has 0 saturated carbocycles. The van der Waals surface area contributed by atoms with Crippen LogP contribution >= 0.6 is 12.0 Å². The summed E-state index contributed by atoms with van der Waals surface area (Å²) in [7, 11) is 3.53. The van der Waals surface area contributed by atoms with E-state index in [0.29, 0.717) is 0 Å². The molecule has 1 aliphatic rings. The third-order valence-corrected chi connectivity index (χ3v) is 3.12. The number of hydroxylamine groups is 2. The number of rotatable bonds is 4. The molecule has 88 valence electrons. The fourth-order valence-corrected chi connectivity index (χ4v) is 2.34. The Morgan fingerprint density at radius 1 is 1.44 bits per heavy atom. The maximum Gasteiger partial charge on any atom is 0.0703 e. The molecule has 2 N–H and O–H groups in total. The summed E-state index contributed by atoms with van der Waals surface area (Å²) in [6.45, 7) is 0. The van der Waals surface area contributed by atoms with Gasteiger partial charge in [0.05, 0.1) is 12.0 Å². The predicted octanol–water partition coefficient (Wildman–Crippen LogP) is 2.06. The van der Waals surface area contributed by atoms with E-state index >= 15 is 0 Å². The van der Waals surface area contributed by atoms with Crippen LogP contribution in [0.2, 0.25) is 0 Å². The molecule has 1 aliphatic carbocycles. The van der Waals surface area contributed by atoms with E-state index in [9.17, 15) is 0 Å². The topological polar surface area (TPSA) is 47.7 Å². The first-order valence-corrected chi connectivity index (χ1v) is 5.98. The molecular weight excluding hydrogens is 224 g/mol. The van der Waals surface area contributed by atoms with Gasteiger partial charge in [0.1, 0.15) is 0 Å². The van der Waals surface area contributed by atoms with Crippen LogP contribution in [0.5, 0.6) is 0 Å². The van der Waals surface area contributed by atoms with Crippen LogP contribution in [0.1, 0.15) is 23.6 Å². The maximum absolute atomic E-state index is 5.97. The van der Waals surface area contributed by atoms with E-state index in [1.807, 2.05) is 6.07 Å². The lowest BCUT2D eigenvalue weighted by atomic mass is 10.1. The van der Waals surface area contributed by atoms with Crippen LogP contribution in [0, 0.1) is 0 Å². The van der Waals surface area contributed by atoms with Gasteiger partial charge in [-0.3, -0.25) is 0 Å². The average molecular weight is 240 g/mol. The maximum atomic E-state index is 5.97. The molecule has 0 aromatic heterocycles. The van der Waals surface area contributed by atoms with Gasteiger partial charge < -0.3 is 5.73 Å². The first kappa shape index (κ1) is 11.9. The van der Waals surface area contributed by atoms with Crippen molar-refractivity contribution in [3.05, 3.63) is 29.3 Å². The van der Waals surface area contributed by atoms with Crippen LogP contribution in [-0.2, 0) is 15.7 Å². The van der Waals surface area contributed by atoms with Crippen LogP contribution in [0.4, 0.5) is 0 Å². The van der Waals surface area contributed by atoms with Crippen molar-refractivity contribution in [2.24, 2.45) is 5.73 Å². The molecule has 16 heavy (non-hydrogen) atoms. The third kappa shape index (κ3) is 2.75. The second-order valence-electron chi connectivity index (χ2n) is 4.04. The molecule has 0 radical (unpaired) electrons. The molecule has 0 amide bonds. The largest absolute Gasteiger partial charge is 0.324 e. The van der Waals surface area contributed by atoms with Gasteiger partial charge in [-0.2, -0.15) is 5.06 Å². The lowest BCUT2D eigenvalue weighted by molar-refractivity contribution is -0.340. The summed E-state index contributed by atoms with van der Waals surface area (Å²) in [5, 5.41) is 1.50. The van der Waals surface area contributed by atoms with Crippen LogP contribution < -0.4 is 5.73 Å². The fourth-order valence-electron chi connectivity index (χ4n) is 1.79. The Bertz CT molecular complexity index is 371. The molecule has 0 bridgehead atoms. The monoisotopic (exact) mass is 240 g/mol. The summed E-state index contributed by atoms with van der Waals surface area (Å²) in [6.07, 6.45) is 2.10. The Morgan fingerprint density at radius 2 is 2.25 bits per heavy atom. The minimum Gasteiger partial charge on any atom is -0.324 e. The van der Waals surface area contributed by atoms with E-state index in [2.05, 4.69) is 12.1 Å². The highest BCUT2D eigenvalue weighted by molar-refractivity contribution is 7.94. The van der Waals surface area contributed by atoms with Crippen molar-refractivity contribution < 1.29 is 9.32 Å². The smallest absolute Gasteiger partial charge is 0.0703 e. The molecule has 5 heteroatoms. The number of nitrogens with zero attached hydrogens (tertiary/aromatic N) is 1. The normalized spacial score (nSPS) is 19.1. The molecule has 4 nitrogen and oxygen atoms in total. The van der Waals surface area contributed by atoms with Crippen molar-refractivity contribution in [1.29, 1.82) is 0 Å². The molecule has 0 saturated heterocycles. The molecule has 0 heterocycles. The second-order valence-corrected chi connectivity index (χ2v) is 4.82. The summed E-state index contributed by atoms with van der Waals surface area (Å²) in [5.74, 6) is 0. The molecule has 1 atom stereocenters. The van der Waals surface area contributed by atoms with Gasteiger partial charge in [-0.15, -0.1) is 9.32 Å². The predicted molar refractivity (Wildman–Crippen MR) is 63.4 cm³/mol. The standard InChI is InChI=1S/C11H16N2O2S/c1-13(2)14-15-16-9-4-5-10-8(7-9)3-6-11(10)12/h4-5,7,11H,3,6,12H2,1-2H3/t11-/m1/s1. The van der Waals surface area contributed by atoms with Gasteiger partial charge in [-0.1, -0.05) is 6.07 Å². The molecule has 1 aromatic carbocycles. The van der Waals surface area contributed by atoms with E-state index < -0.39 is 0 Å². The zero-order valence-electron chi connectivity index (χ0n) is 9.47. The molecule has 0 unspecified atom stereocenters. The quantitative estimate of drug-likeness (QED) is 0.496. The van der Waals surface area contributed by atoms with Crippen molar-refractivity contribution >= 4 is 12.0 Å². The van der Waals surface area contributed by atoms with Crippen LogP contribution in [-0.4, -0.2) is 19.2 Å². The number of nitrogens with two attached hydrogens (primary N) is 1. The highest BCUT2D eigenvalue weighted by atomic mass is 32.2. The minimum absolute atomic E-state index is 0.202. The Balaban J connectivity index is 1.97. The van der Waals surface area contributed by atoms with Crippen LogP contribution in [0.15, 0.2) is 23.1 Å². The Kier molecular flexibility index (Phi) is 3.83.